The summed E-state index contributed by atoms with van der Waals surface area (Å²) in [7, 11) is -1.86. The molecule has 1 heterocycles. The monoisotopic (exact) mass is 561 g/mol. The Morgan fingerprint density at radius 3 is 2.44 bits per heavy atom. The zero-order valence-electron chi connectivity index (χ0n) is 15.9. The number of benzene rings is 2. The molecule has 1 aromatic heterocycles. The zero-order valence-corrected chi connectivity index (χ0v) is 19.9. The number of rotatable bonds is 6. The number of alkyl halides is 3. The number of carbonyl (C=O) groups excluding carboxylic acids is 1. The van der Waals surface area contributed by atoms with Gasteiger partial charge in [0.15, 0.2) is 5.78 Å². The molecule has 0 saturated heterocycles. The van der Waals surface area contributed by atoms with Crippen LogP contribution in [0.4, 0.5) is 13.2 Å². The van der Waals surface area contributed by atoms with Gasteiger partial charge in [0.05, 0.1) is 32.5 Å². The van der Waals surface area contributed by atoms with E-state index in [9.17, 15) is 27.0 Å². The first-order valence-electron chi connectivity index (χ1n) is 9.06. The van der Waals surface area contributed by atoms with Crippen molar-refractivity contribution in [2.75, 3.05) is 0 Å². The highest BCUT2D eigenvalue weighted by molar-refractivity contribution is 9.10. The van der Waals surface area contributed by atoms with Gasteiger partial charge >= 0.3 is 5.51 Å². The van der Waals surface area contributed by atoms with Gasteiger partial charge in [-0.05, 0) is 63.9 Å². The Morgan fingerprint density at radius 2 is 1.84 bits per heavy atom. The van der Waals surface area contributed by atoms with Gasteiger partial charge in [-0.25, -0.2) is 0 Å². The van der Waals surface area contributed by atoms with E-state index in [-0.39, 0.29) is 43.4 Å². The maximum atomic E-state index is 13.2. The van der Waals surface area contributed by atoms with E-state index >= 15 is 0 Å². The van der Waals surface area contributed by atoms with Gasteiger partial charge < -0.3 is 4.98 Å². The highest BCUT2D eigenvalue weighted by Crippen LogP contribution is 2.37. The van der Waals surface area contributed by atoms with Crippen LogP contribution in [0.5, 0.6) is 0 Å². The Balaban J connectivity index is 1.76. The number of halogens is 5. The third-order valence-corrected chi connectivity index (χ3v) is 7.70. The number of Topliss-reactive ketones (excluding diaryl/α,β-unsaturated/α-hetero) is 1. The first-order valence-corrected chi connectivity index (χ1v) is 12.4. The molecule has 0 saturated carbocycles. The van der Waals surface area contributed by atoms with Gasteiger partial charge in [-0.2, -0.15) is 13.2 Å². The fraction of sp³-hybridized carbons (Fsp3) is 0.143. The number of carbonyl (C=O) groups is 1. The molecule has 0 fully saturated rings. The number of nitrogens with one attached hydrogen (secondary N) is 1. The fourth-order valence-corrected chi connectivity index (χ4v) is 5.57. The van der Waals surface area contributed by atoms with E-state index < -0.39 is 27.5 Å². The van der Waals surface area contributed by atoms with Crippen LogP contribution in [0.2, 0.25) is 5.02 Å². The van der Waals surface area contributed by atoms with Crippen molar-refractivity contribution in [1.29, 1.82) is 0 Å². The molecule has 166 valence electrons. The number of H-pyrrole nitrogens is 1. The van der Waals surface area contributed by atoms with Gasteiger partial charge in [-0.1, -0.05) is 29.8 Å². The van der Waals surface area contributed by atoms with E-state index in [0.717, 1.165) is 0 Å². The summed E-state index contributed by atoms with van der Waals surface area (Å²) in [6.07, 6.45) is 2.12. The lowest BCUT2D eigenvalue weighted by Crippen LogP contribution is -2.21. The van der Waals surface area contributed by atoms with Crippen LogP contribution < -0.4 is 5.43 Å². The second-order valence-corrected chi connectivity index (χ2v) is 10.7. The van der Waals surface area contributed by atoms with Gasteiger partial charge in [-0.3, -0.25) is 13.8 Å². The maximum Gasteiger partial charge on any atom is 0.446 e. The Kier molecular flexibility index (Phi) is 6.41. The number of thioether (sulfide) groups is 1. The van der Waals surface area contributed by atoms with Gasteiger partial charge in [0, 0.05) is 14.9 Å². The SMILES string of the molecule is O=C(C1=CC1)c1c(S(=O)Cc2ccc(SC(F)(F)F)cc2)[nH]c2c(Br)ccc(Cl)c2c1=O. The van der Waals surface area contributed by atoms with E-state index in [1.807, 2.05) is 0 Å². The summed E-state index contributed by atoms with van der Waals surface area (Å²) in [5.74, 6) is -0.611. The number of fused-ring (bicyclic) bond motifs is 1. The normalized spacial score (nSPS) is 14.3. The molecule has 32 heavy (non-hydrogen) atoms. The van der Waals surface area contributed by atoms with Crippen LogP contribution in [0.3, 0.4) is 0 Å². The molecule has 1 N–H and O–H groups in total. The highest BCUT2D eigenvalue weighted by atomic mass is 79.9. The molecular formula is C21H12BrClF3NO3S2. The number of allylic oxidation sites excluding steroid dienone is 2. The van der Waals surface area contributed by atoms with Crippen LogP contribution in [0, 0.1) is 0 Å². The van der Waals surface area contributed by atoms with Crippen molar-refractivity contribution in [2.24, 2.45) is 0 Å². The lowest BCUT2D eigenvalue weighted by Gasteiger charge is -2.12. The van der Waals surface area contributed by atoms with Gasteiger partial charge in [0.2, 0.25) is 5.43 Å². The fourth-order valence-electron chi connectivity index (χ4n) is 3.09. The molecule has 3 aromatic rings. The van der Waals surface area contributed by atoms with Crippen molar-refractivity contribution in [2.45, 2.75) is 27.6 Å². The smallest absolute Gasteiger partial charge is 0.346 e. The zero-order chi connectivity index (χ0) is 23.2. The van der Waals surface area contributed by atoms with Crippen LogP contribution in [0.25, 0.3) is 10.9 Å². The summed E-state index contributed by atoms with van der Waals surface area (Å²) >= 11 is 9.29. The minimum absolute atomic E-state index is 0.00116. The molecule has 0 radical (unpaired) electrons. The molecule has 4 rings (SSSR count). The van der Waals surface area contributed by atoms with Gasteiger partial charge in [0.25, 0.3) is 0 Å². The van der Waals surface area contributed by atoms with Gasteiger partial charge in [-0.15, -0.1) is 0 Å². The average Bonchev–Trinajstić information content (AvgIpc) is 3.55. The summed E-state index contributed by atoms with van der Waals surface area (Å²) in [5.41, 5.74) is -4.01. The number of ketones is 1. The first kappa shape index (κ1) is 23.3. The average molecular weight is 563 g/mol. The highest BCUT2D eigenvalue weighted by Gasteiger charge is 2.30. The summed E-state index contributed by atoms with van der Waals surface area (Å²) in [5, 5.41) is 0.218. The molecule has 0 spiro atoms. The van der Waals surface area contributed by atoms with Crippen LogP contribution in [-0.2, 0) is 16.6 Å². The predicted molar refractivity (Wildman–Crippen MR) is 123 cm³/mol. The molecule has 1 atom stereocenters. The van der Waals surface area contributed by atoms with Crippen molar-refractivity contribution in [3.05, 3.63) is 78.9 Å². The first-order chi connectivity index (χ1) is 15.0. The molecule has 4 nitrogen and oxygen atoms in total. The van der Waals surface area contributed by atoms with E-state index in [2.05, 4.69) is 20.9 Å². The van der Waals surface area contributed by atoms with Crippen LogP contribution in [0.15, 0.2) is 67.2 Å². The van der Waals surface area contributed by atoms with Gasteiger partial charge in [0.1, 0.15) is 10.6 Å². The molecule has 1 aliphatic carbocycles. The Hall–Kier alpha value is -1.88. The third kappa shape index (κ3) is 4.88. The summed E-state index contributed by atoms with van der Waals surface area (Å²) < 4.78 is 51.3. The third-order valence-electron chi connectivity index (χ3n) is 4.63. The molecule has 0 aliphatic heterocycles. The van der Waals surface area contributed by atoms with Crippen molar-refractivity contribution in [3.8, 4) is 0 Å². The second kappa shape index (κ2) is 8.81. The summed E-state index contributed by atoms with van der Waals surface area (Å²) in [6, 6.07) is 8.57. The van der Waals surface area contributed by atoms with Crippen molar-refractivity contribution < 1.29 is 22.2 Å². The summed E-state index contributed by atoms with van der Waals surface area (Å²) in [6.45, 7) is 0. The quantitative estimate of drug-likeness (QED) is 0.280. The maximum absolute atomic E-state index is 13.2. The van der Waals surface area contributed by atoms with Crippen LogP contribution in [0.1, 0.15) is 22.3 Å². The van der Waals surface area contributed by atoms with E-state index in [0.29, 0.717) is 27.5 Å². The molecule has 0 bridgehead atoms. The minimum Gasteiger partial charge on any atom is -0.346 e. The van der Waals surface area contributed by atoms with Crippen molar-refractivity contribution in [3.63, 3.8) is 0 Å². The summed E-state index contributed by atoms with van der Waals surface area (Å²) in [4.78, 5) is 29.0. The molecule has 11 heteroatoms. The topological polar surface area (TPSA) is 67.0 Å². The number of pyridine rings is 1. The molecule has 0 amide bonds. The molecule has 2 aromatic carbocycles. The predicted octanol–water partition coefficient (Wildman–Crippen LogP) is 6.38. The standard InChI is InChI=1S/C21H12BrClF3NO3S2/c22-13-7-8-14(23)15-17(13)27-20(16(19(15)29)18(28)11-3-4-11)32(30)9-10-1-5-12(6-2-10)31-21(24,25)26/h1-3,5-8H,4,9H2,(H,27,29). The van der Waals surface area contributed by atoms with Crippen molar-refractivity contribution >= 4 is 66.8 Å². The number of aromatic amines is 1. The Morgan fingerprint density at radius 1 is 1.19 bits per heavy atom. The lowest BCUT2D eigenvalue weighted by molar-refractivity contribution is -0.0328. The lowest BCUT2D eigenvalue weighted by atomic mass is 10.1. The molecule has 1 unspecified atom stereocenters. The minimum atomic E-state index is -4.41. The number of hydrogen-bond acceptors (Lipinski definition) is 4. The second-order valence-electron chi connectivity index (χ2n) is 6.88. The Labute approximate surface area is 199 Å². The van der Waals surface area contributed by atoms with Crippen LogP contribution in [-0.4, -0.2) is 20.5 Å². The molecular weight excluding hydrogens is 551 g/mol. The van der Waals surface area contributed by atoms with Crippen molar-refractivity contribution in [1.82, 2.24) is 4.98 Å². The van der Waals surface area contributed by atoms with E-state index in [1.54, 1.807) is 12.1 Å². The van der Waals surface area contributed by atoms with E-state index in [4.69, 9.17) is 11.6 Å². The largest absolute Gasteiger partial charge is 0.446 e. The van der Waals surface area contributed by atoms with Crippen LogP contribution >= 0.6 is 39.3 Å². The Bertz CT molecular complexity index is 1370. The number of hydrogen-bond donors (Lipinski definition) is 1. The van der Waals surface area contributed by atoms with E-state index in [1.165, 1.54) is 30.3 Å². The number of aromatic nitrogens is 1. The molecule has 1 aliphatic rings.